The second kappa shape index (κ2) is 5.71. The summed E-state index contributed by atoms with van der Waals surface area (Å²) in [5.74, 6) is 0.248. The minimum atomic E-state index is -0.485. The number of amidine groups is 1. The summed E-state index contributed by atoms with van der Waals surface area (Å²) in [5.41, 5.74) is 5.68. The number of nitrogens with zero attached hydrogens (tertiary/aromatic N) is 1. The van der Waals surface area contributed by atoms with Crippen LogP contribution in [0, 0.1) is 5.41 Å². The van der Waals surface area contributed by atoms with Crippen molar-refractivity contribution in [3.63, 3.8) is 0 Å². The third-order valence-corrected chi connectivity index (χ3v) is 3.41. The molecule has 5 nitrogen and oxygen atoms in total. The molecule has 0 bridgehead atoms. The zero-order valence-corrected chi connectivity index (χ0v) is 12.2. The van der Waals surface area contributed by atoms with Gasteiger partial charge in [0, 0.05) is 0 Å². The lowest BCUT2D eigenvalue weighted by Gasteiger charge is -2.32. The third-order valence-electron chi connectivity index (χ3n) is 3.41. The summed E-state index contributed by atoms with van der Waals surface area (Å²) >= 11 is 0. The molecule has 1 aliphatic heterocycles. The summed E-state index contributed by atoms with van der Waals surface area (Å²) in [5, 5.41) is 6.91. The van der Waals surface area contributed by atoms with Crippen LogP contribution in [0.2, 0.25) is 0 Å². The molecule has 1 fully saturated rings. The maximum absolute atomic E-state index is 6.91. The first-order chi connectivity index (χ1) is 8.73. The molecule has 1 saturated heterocycles. The molecule has 0 aromatic heterocycles. The van der Waals surface area contributed by atoms with Gasteiger partial charge >= 0.3 is 7.12 Å². The Hall–Kier alpha value is -1.40. The van der Waals surface area contributed by atoms with Gasteiger partial charge in [0.05, 0.1) is 11.2 Å². The Labute approximate surface area is 115 Å². The van der Waals surface area contributed by atoms with Crippen LogP contribution in [-0.2, 0) is 9.31 Å². The highest BCUT2D eigenvalue weighted by Gasteiger charge is 2.51. The van der Waals surface area contributed by atoms with Crippen molar-refractivity contribution in [3.8, 4) is 0 Å². The highest BCUT2D eigenvalue weighted by atomic mass is 16.7. The van der Waals surface area contributed by atoms with Gasteiger partial charge in [-0.1, -0.05) is 12.2 Å². The lowest BCUT2D eigenvalue weighted by Crippen LogP contribution is -2.41. The number of aliphatic imine (C=N–C) groups is 1. The number of hydrogen-bond donors (Lipinski definition) is 2. The number of nitrogens with two attached hydrogens (primary N) is 1. The molecule has 1 rings (SSSR count). The Morgan fingerprint density at radius 1 is 1.21 bits per heavy atom. The molecule has 6 heteroatoms. The van der Waals surface area contributed by atoms with Gasteiger partial charge in [-0.15, -0.1) is 0 Å². The van der Waals surface area contributed by atoms with E-state index in [1.807, 2.05) is 46.8 Å². The van der Waals surface area contributed by atoms with E-state index in [2.05, 4.69) is 4.99 Å². The summed E-state index contributed by atoms with van der Waals surface area (Å²) in [4.78, 5) is 3.71. The Morgan fingerprint density at radius 3 is 2.16 bits per heavy atom. The molecule has 0 saturated carbocycles. The molecule has 3 N–H and O–H groups in total. The molecule has 104 valence electrons. The molecule has 0 atom stereocenters. The van der Waals surface area contributed by atoms with E-state index in [0.29, 0.717) is 0 Å². The topological polar surface area (TPSA) is 80.7 Å². The van der Waals surface area contributed by atoms with Gasteiger partial charge < -0.3 is 15.0 Å². The highest BCUT2D eigenvalue weighted by molar-refractivity contribution is 6.56. The lowest BCUT2D eigenvalue weighted by atomic mass is 9.77. The molecular formula is C13H22BN3O2. The van der Waals surface area contributed by atoms with Crippen molar-refractivity contribution in [3.05, 3.63) is 23.7 Å². The fraction of sp³-hybridized carbons (Fsp3) is 0.538. The summed E-state index contributed by atoms with van der Waals surface area (Å²) < 4.78 is 11.9. The van der Waals surface area contributed by atoms with Crippen molar-refractivity contribution in [2.75, 3.05) is 0 Å². The van der Waals surface area contributed by atoms with Gasteiger partial charge in [-0.3, -0.25) is 5.41 Å². The molecule has 0 aliphatic carbocycles. The molecule has 0 aromatic rings. The first-order valence-corrected chi connectivity index (χ1v) is 6.25. The molecule has 0 aromatic carbocycles. The maximum atomic E-state index is 6.91. The van der Waals surface area contributed by atoms with Gasteiger partial charge in [0.1, 0.15) is 12.2 Å². The molecule has 1 aliphatic rings. The SMILES string of the molecule is C/C=C\C(=C/C(N)=NC=N)B1OC(C)(C)C(C)(C)O1. The maximum Gasteiger partial charge on any atom is 0.494 e. The van der Waals surface area contributed by atoms with Crippen LogP contribution in [0.25, 0.3) is 0 Å². The molecule has 1 heterocycles. The molecule has 19 heavy (non-hydrogen) atoms. The van der Waals surface area contributed by atoms with Gasteiger partial charge in [0.2, 0.25) is 0 Å². The highest BCUT2D eigenvalue weighted by Crippen LogP contribution is 2.38. The van der Waals surface area contributed by atoms with E-state index in [1.165, 1.54) is 0 Å². The molecule has 0 radical (unpaired) electrons. The number of nitrogens with one attached hydrogen (secondary N) is 1. The number of allylic oxidation sites excluding steroid dienone is 3. The third kappa shape index (κ3) is 3.55. The minimum absolute atomic E-state index is 0.248. The Bertz CT molecular complexity index is 423. The Kier molecular flexibility index (Phi) is 4.71. The first kappa shape index (κ1) is 15.7. The van der Waals surface area contributed by atoms with E-state index in [4.69, 9.17) is 20.5 Å². The van der Waals surface area contributed by atoms with Crippen LogP contribution in [0.5, 0.6) is 0 Å². The van der Waals surface area contributed by atoms with Crippen LogP contribution in [-0.4, -0.2) is 30.5 Å². The number of rotatable bonds is 4. The summed E-state index contributed by atoms with van der Waals surface area (Å²) in [6.07, 6.45) is 6.32. The van der Waals surface area contributed by atoms with E-state index in [9.17, 15) is 0 Å². The molecule has 0 amide bonds. The van der Waals surface area contributed by atoms with Gasteiger partial charge in [-0.2, -0.15) is 0 Å². The van der Waals surface area contributed by atoms with Gasteiger partial charge in [0.15, 0.2) is 0 Å². The zero-order chi connectivity index (χ0) is 14.7. The smallest absolute Gasteiger partial charge is 0.399 e. The Balaban J connectivity index is 3.04. The van der Waals surface area contributed by atoms with Gasteiger partial charge in [-0.05, 0) is 46.2 Å². The van der Waals surface area contributed by atoms with Crippen molar-refractivity contribution in [2.45, 2.75) is 45.8 Å². The van der Waals surface area contributed by atoms with Crippen molar-refractivity contribution < 1.29 is 9.31 Å². The van der Waals surface area contributed by atoms with E-state index < -0.39 is 18.3 Å². The second-order valence-electron chi connectivity index (χ2n) is 5.42. The number of hydrogen-bond acceptors (Lipinski definition) is 3. The second-order valence-corrected chi connectivity index (χ2v) is 5.42. The van der Waals surface area contributed by atoms with Crippen molar-refractivity contribution in [2.24, 2.45) is 10.7 Å². The molecular weight excluding hydrogens is 241 g/mol. The first-order valence-electron chi connectivity index (χ1n) is 6.25. The largest absolute Gasteiger partial charge is 0.494 e. The van der Waals surface area contributed by atoms with Crippen LogP contribution >= 0.6 is 0 Å². The van der Waals surface area contributed by atoms with Crippen LogP contribution in [0.3, 0.4) is 0 Å². The average Bonchev–Trinajstić information content (AvgIpc) is 2.48. The average molecular weight is 263 g/mol. The fourth-order valence-corrected chi connectivity index (χ4v) is 1.65. The Morgan fingerprint density at radius 2 is 1.74 bits per heavy atom. The van der Waals surface area contributed by atoms with Gasteiger partial charge in [-0.25, -0.2) is 4.99 Å². The predicted octanol–water partition coefficient (Wildman–Crippen LogP) is 2.08. The molecule has 0 spiro atoms. The minimum Gasteiger partial charge on any atom is -0.399 e. The lowest BCUT2D eigenvalue weighted by molar-refractivity contribution is 0.00578. The van der Waals surface area contributed by atoms with Gasteiger partial charge in [0.25, 0.3) is 0 Å². The fourth-order valence-electron chi connectivity index (χ4n) is 1.65. The van der Waals surface area contributed by atoms with E-state index in [1.54, 1.807) is 6.08 Å². The zero-order valence-electron chi connectivity index (χ0n) is 12.2. The van der Waals surface area contributed by atoms with Crippen LogP contribution in [0.1, 0.15) is 34.6 Å². The van der Waals surface area contributed by atoms with Crippen LogP contribution in [0.4, 0.5) is 0 Å². The van der Waals surface area contributed by atoms with Crippen molar-refractivity contribution in [1.82, 2.24) is 0 Å². The van der Waals surface area contributed by atoms with Crippen molar-refractivity contribution >= 4 is 19.3 Å². The standard InChI is InChI=1S/C13H22BN3O2/c1-6-7-10(8-11(16)17-9-15)14-18-12(2,3)13(4,5)19-14/h6-9H,1-5H3,(H3,15,16,17)/b7-6-,10-8+. The quantitative estimate of drug-likeness (QED) is 0.352. The normalized spacial score (nSPS) is 23.1. The summed E-state index contributed by atoms with van der Waals surface area (Å²) in [6.45, 7) is 9.89. The molecule has 0 unspecified atom stereocenters. The van der Waals surface area contributed by atoms with E-state index in [-0.39, 0.29) is 5.84 Å². The monoisotopic (exact) mass is 263 g/mol. The van der Waals surface area contributed by atoms with E-state index in [0.717, 1.165) is 11.8 Å². The summed E-state index contributed by atoms with van der Waals surface area (Å²) in [6, 6.07) is 0. The van der Waals surface area contributed by atoms with Crippen LogP contribution in [0.15, 0.2) is 28.7 Å². The van der Waals surface area contributed by atoms with Crippen LogP contribution < -0.4 is 5.73 Å². The predicted molar refractivity (Wildman–Crippen MR) is 79.4 cm³/mol. The van der Waals surface area contributed by atoms with E-state index >= 15 is 0 Å². The summed E-state index contributed by atoms with van der Waals surface area (Å²) in [7, 11) is -0.485. The van der Waals surface area contributed by atoms with Crippen molar-refractivity contribution in [1.29, 1.82) is 5.41 Å².